The molecular formula is C8H14O3. The molecule has 0 amide bonds. The van der Waals surface area contributed by atoms with E-state index in [4.69, 9.17) is 4.74 Å². The van der Waals surface area contributed by atoms with Crippen LogP contribution in [0.5, 0.6) is 0 Å². The van der Waals surface area contributed by atoms with Gasteiger partial charge >= 0.3 is 0 Å². The zero-order valence-corrected chi connectivity index (χ0v) is 7.22. The average Bonchev–Trinajstić information content (AvgIpc) is 1.82. The van der Waals surface area contributed by atoms with Crippen molar-refractivity contribution in [2.24, 2.45) is 0 Å². The van der Waals surface area contributed by atoms with Gasteiger partial charge in [-0.2, -0.15) is 0 Å². The van der Waals surface area contributed by atoms with Gasteiger partial charge in [-0.15, -0.1) is 0 Å². The zero-order chi connectivity index (χ0) is 8.85. The Morgan fingerprint density at radius 3 is 2.27 bits per heavy atom. The van der Waals surface area contributed by atoms with Gasteiger partial charge in [0.1, 0.15) is 12.4 Å². The highest BCUT2D eigenvalue weighted by molar-refractivity contribution is 5.98. The molecular weight excluding hydrogens is 144 g/mol. The number of Topliss-reactive ketones (excluding diaryl/α,β-unsaturated/α-hetero) is 2. The van der Waals surface area contributed by atoms with E-state index in [0.717, 1.165) is 0 Å². The summed E-state index contributed by atoms with van der Waals surface area (Å²) in [6.45, 7) is 5.15. The van der Waals surface area contributed by atoms with Gasteiger partial charge in [0.25, 0.3) is 0 Å². The lowest BCUT2D eigenvalue weighted by atomic mass is 10.2. The topological polar surface area (TPSA) is 43.4 Å². The third-order valence-electron chi connectivity index (χ3n) is 1.02. The van der Waals surface area contributed by atoms with Crippen LogP contribution in [-0.2, 0) is 14.3 Å². The normalized spacial score (nSPS) is 10.2. The van der Waals surface area contributed by atoms with Crippen molar-refractivity contribution in [3.05, 3.63) is 0 Å². The number of carbonyl (C=O) groups excluding carboxylic acids is 2. The fraction of sp³-hybridized carbons (Fsp3) is 0.750. The standard InChI is InChI=1S/C8H14O3/c1-6(2)11-5-8(10)4-7(3)9/h6H,4-5H2,1-3H3. The van der Waals surface area contributed by atoms with Crippen LogP contribution in [0.4, 0.5) is 0 Å². The van der Waals surface area contributed by atoms with Crippen LogP contribution in [0.1, 0.15) is 27.2 Å². The molecule has 3 nitrogen and oxygen atoms in total. The summed E-state index contributed by atoms with van der Waals surface area (Å²) in [4.78, 5) is 21.2. The van der Waals surface area contributed by atoms with Crippen molar-refractivity contribution in [2.75, 3.05) is 6.61 Å². The van der Waals surface area contributed by atoms with Crippen molar-refractivity contribution >= 4 is 11.6 Å². The van der Waals surface area contributed by atoms with Crippen molar-refractivity contribution in [2.45, 2.75) is 33.3 Å². The van der Waals surface area contributed by atoms with Gasteiger partial charge in [-0.25, -0.2) is 0 Å². The molecule has 0 aliphatic carbocycles. The molecule has 3 heteroatoms. The number of hydrogen-bond acceptors (Lipinski definition) is 3. The quantitative estimate of drug-likeness (QED) is 0.560. The molecule has 0 saturated heterocycles. The Hall–Kier alpha value is -0.700. The Balaban J connectivity index is 3.46. The highest BCUT2D eigenvalue weighted by atomic mass is 16.5. The Kier molecular flexibility index (Phi) is 4.70. The molecule has 0 aliphatic rings. The second kappa shape index (κ2) is 5.02. The molecule has 11 heavy (non-hydrogen) atoms. The Labute approximate surface area is 66.7 Å². The second-order valence-corrected chi connectivity index (χ2v) is 2.78. The van der Waals surface area contributed by atoms with Crippen LogP contribution in [0, 0.1) is 0 Å². The number of ketones is 2. The summed E-state index contributed by atoms with van der Waals surface area (Å²) in [7, 11) is 0. The third-order valence-corrected chi connectivity index (χ3v) is 1.02. The van der Waals surface area contributed by atoms with Gasteiger partial charge in [0.2, 0.25) is 0 Å². The predicted molar refractivity (Wildman–Crippen MR) is 41.4 cm³/mol. The van der Waals surface area contributed by atoms with Crippen LogP contribution in [0.25, 0.3) is 0 Å². The summed E-state index contributed by atoms with van der Waals surface area (Å²) in [6, 6.07) is 0. The van der Waals surface area contributed by atoms with Crippen LogP contribution in [0.2, 0.25) is 0 Å². The van der Waals surface area contributed by atoms with Crippen molar-refractivity contribution in [3.63, 3.8) is 0 Å². The molecule has 0 aliphatic heterocycles. The maximum absolute atomic E-state index is 10.8. The zero-order valence-electron chi connectivity index (χ0n) is 7.22. The van der Waals surface area contributed by atoms with Gasteiger partial charge < -0.3 is 4.74 Å². The molecule has 0 aromatic rings. The van der Waals surface area contributed by atoms with E-state index in [1.165, 1.54) is 6.92 Å². The molecule has 0 saturated carbocycles. The third kappa shape index (κ3) is 7.19. The van der Waals surface area contributed by atoms with Gasteiger partial charge in [0, 0.05) is 0 Å². The smallest absolute Gasteiger partial charge is 0.165 e. The lowest BCUT2D eigenvalue weighted by Gasteiger charge is -2.04. The fourth-order valence-corrected chi connectivity index (χ4v) is 0.588. The molecule has 0 atom stereocenters. The van der Waals surface area contributed by atoms with Gasteiger partial charge in [0.15, 0.2) is 5.78 Å². The minimum absolute atomic E-state index is 0.00722. The van der Waals surface area contributed by atoms with E-state index in [9.17, 15) is 9.59 Å². The molecule has 0 fully saturated rings. The SMILES string of the molecule is CC(=O)CC(=O)COC(C)C. The Morgan fingerprint density at radius 2 is 1.91 bits per heavy atom. The average molecular weight is 158 g/mol. The van der Waals surface area contributed by atoms with Crippen LogP contribution in [0.15, 0.2) is 0 Å². The molecule has 64 valence electrons. The molecule has 0 radical (unpaired) electrons. The van der Waals surface area contributed by atoms with Crippen molar-refractivity contribution < 1.29 is 14.3 Å². The highest BCUT2D eigenvalue weighted by Crippen LogP contribution is 1.91. The molecule has 0 rings (SSSR count). The summed E-state index contributed by atoms with van der Waals surface area (Å²) in [5.41, 5.74) is 0. The van der Waals surface area contributed by atoms with Gasteiger partial charge in [-0.3, -0.25) is 9.59 Å². The van der Waals surface area contributed by atoms with Crippen LogP contribution in [0.3, 0.4) is 0 Å². The number of rotatable bonds is 5. The van der Waals surface area contributed by atoms with E-state index in [0.29, 0.717) is 0 Å². The van der Waals surface area contributed by atoms with Gasteiger partial charge in [0.05, 0.1) is 12.5 Å². The lowest BCUT2D eigenvalue weighted by molar-refractivity contribution is -0.129. The van der Waals surface area contributed by atoms with E-state index < -0.39 is 0 Å². The Bertz CT molecular complexity index is 149. The molecule has 0 spiro atoms. The van der Waals surface area contributed by atoms with E-state index >= 15 is 0 Å². The number of hydrogen-bond donors (Lipinski definition) is 0. The lowest BCUT2D eigenvalue weighted by Crippen LogP contribution is -2.15. The largest absolute Gasteiger partial charge is 0.371 e. The monoisotopic (exact) mass is 158 g/mol. The summed E-state index contributed by atoms with van der Waals surface area (Å²) in [5, 5.41) is 0. The number of carbonyl (C=O) groups is 2. The van der Waals surface area contributed by atoms with Crippen LogP contribution >= 0.6 is 0 Å². The van der Waals surface area contributed by atoms with Crippen molar-refractivity contribution in [1.82, 2.24) is 0 Å². The molecule has 0 bridgehead atoms. The first kappa shape index (κ1) is 10.3. The van der Waals surface area contributed by atoms with Gasteiger partial charge in [-0.1, -0.05) is 0 Å². The summed E-state index contributed by atoms with van der Waals surface area (Å²) < 4.78 is 5.00. The molecule has 0 aromatic heterocycles. The van der Waals surface area contributed by atoms with E-state index in [1.54, 1.807) is 0 Å². The minimum Gasteiger partial charge on any atom is -0.371 e. The second-order valence-electron chi connectivity index (χ2n) is 2.78. The fourth-order valence-electron chi connectivity index (χ4n) is 0.588. The van der Waals surface area contributed by atoms with Crippen molar-refractivity contribution in [1.29, 1.82) is 0 Å². The van der Waals surface area contributed by atoms with Crippen LogP contribution < -0.4 is 0 Å². The molecule has 0 aromatic carbocycles. The molecule has 0 N–H and O–H groups in total. The number of ether oxygens (including phenoxy) is 1. The van der Waals surface area contributed by atoms with Crippen LogP contribution in [-0.4, -0.2) is 24.3 Å². The van der Waals surface area contributed by atoms with E-state index in [2.05, 4.69) is 0 Å². The molecule has 0 unspecified atom stereocenters. The van der Waals surface area contributed by atoms with E-state index in [1.807, 2.05) is 13.8 Å². The first-order chi connectivity index (χ1) is 5.02. The predicted octanol–water partition coefficient (Wildman–Crippen LogP) is 0.960. The Morgan fingerprint density at radius 1 is 1.36 bits per heavy atom. The maximum Gasteiger partial charge on any atom is 0.165 e. The minimum atomic E-state index is -0.147. The first-order valence-electron chi connectivity index (χ1n) is 3.65. The highest BCUT2D eigenvalue weighted by Gasteiger charge is 2.05. The summed E-state index contributed by atoms with van der Waals surface area (Å²) >= 11 is 0. The van der Waals surface area contributed by atoms with Gasteiger partial charge in [-0.05, 0) is 20.8 Å². The first-order valence-corrected chi connectivity index (χ1v) is 3.65. The van der Waals surface area contributed by atoms with Crippen molar-refractivity contribution in [3.8, 4) is 0 Å². The molecule has 0 heterocycles. The maximum atomic E-state index is 10.8. The van der Waals surface area contributed by atoms with E-state index in [-0.39, 0.29) is 30.7 Å². The summed E-state index contributed by atoms with van der Waals surface area (Å²) in [6.07, 6.45) is 0.0399. The summed E-state index contributed by atoms with van der Waals surface area (Å²) in [5.74, 6) is -0.256.